The van der Waals surface area contributed by atoms with Crippen LogP contribution >= 0.6 is 0 Å². The fourth-order valence-electron chi connectivity index (χ4n) is 2.29. The van der Waals surface area contributed by atoms with Crippen molar-refractivity contribution in [1.82, 2.24) is 0 Å². The summed E-state index contributed by atoms with van der Waals surface area (Å²) in [4.78, 5) is 9.90. The largest absolute Gasteiger partial charge is 0.486 e. The van der Waals surface area contributed by atoms with E-state index in [-0.39, 0.29) is 29.6 Å². The summed E-state index contributed by atoms with van der Waals surface area (Å²) in [5.74, 6) is -1.09. The summed E-state index contributed by atoms with van der Waals surface area (Å²) < 4.78 is 53.6. The van der Waals surface area contributed by atoms with Gasteiger partial charge in [0.25, 0.3) is 10.1 Å². The number of aryl methyl sites for hydroxylation is 1. The smallest absolute Gasteiger partial charge is 0.308 e. The zero-order valence-corrected chi connectivity index (χ0v) is 14.4. The van der Waals surface area contributed by atoms with Gasteiger partial charge in [-0.2, -0.15) is 12.8 Å². The predicted molar refractivity (Wildman–Crippen MR) is 87.3 cm³/mol. The van der Waals surface area contributed by atoms with Gasteiger partial charge in [0.15, 0.2) is 17.6 Å². The first-order valence-electron chi connectivity index (χ1n) is 7.50. The molecule has 0 saturated heterocycles. The van der Waals surface area contributed by atoms with Gasteiger partial charge in [0.05, 0.1) is 15.9 Å². The minimum absolute atomic E-state index is 0.00191. The number of hydrogen-bond acceptors (Lipinski definition) is 7. The van der Waals surface area contributed by atoms with E-state index in [0.29, 0.717) is 0 Å². The molecular formula is C16H14FNO7S. The number of hydrogen-bond donors (Lipinski definition) is 0. The highest BCUT2D eigenvalue weighted by molar-refractivity contribution is 7.86. The highest BCUT2D eigenvalue weighted by Gasteiger charge is 2.28. The third kappa shape index (κ3) is 3.75. The second-order valence-corrected chi connectivity index (χ2v) is 7.23. The highest BCUT2D eigenvalue weighted by Crippen LogP contribution is 2.37. The quantitative estimate of drug-likeness (QED) is 0.444. The summed E-state index contributed by atoms with van der Waals surface area (Å²) in [6.07, 6.45) is -0.826. The number of halogens is 1. The number of nitro benzene ring substituents is 1. The van der Waals surface area contributed by atoms with Gasteiger partial charge in [0, 0.05) is 6.07 Å². The van der Waals surface area contributed by atoms with Crippen LogP contribution < -0.4 is 9.47 Å². The molecule has 0 radical (unpaired) electrons. The molecule has 0 bridgehead atoms. The average molecular weight is 383 g/mol. The Balaban J connectivity index is 1.70. The van der Waals surface area contributed by atoms with Crippen LogP contribution in [0.25, 0.3) is 0 Å². The number of ether oxygens (including phenoxy) is 2. The van der Waals surface area contributed by atoms with E-state index < -0.39 is 32.7 Å². The molecule has 0 fully saturated rings. The summed E-state index contributed by atoms with van der Waals surface area (Å²) >= 11 is 0. The average Bonchev–Trinajstić information content (AvgIpc) is 2.59. The van der Waals surface area contributed by atoms with E-state index in [1.54, 1.807) is 12.1 Å². The van der Waals surface area contributed by atoms with Crippen LogP contribution in [0, 0.1) is 22.9 Å². The van der Waals surface area contributed by atoms with Crippen molar-refractivity contribution < 1.29 is 31.4 Å². The van der Waals surface area contributed by atoms with Crippen LogP contribution in [-0.2, 0) is 14.3 Å². The molecule has 8 nitrogen and oxygen atoms in total. The van der Waals surface area contributed by atoms with Crippen LogP contribution in [-0.4, -0.2) is 32.7 Å². The molecule has 1 heterocycles. The molecule has 0 unspecified atom stereocenters. The van der Waals surface area contributed by atoms with Gasteiger partial charge in [-0.15, -0.1) is 0 Å². The van der Waals surface area contributed by atoms with Gasteiger partial charge >= 0.3 is 5.69 Å². The van der Waals surface area contributed by atoms with Gasteiger partial charge < -0.3 is 9.47 Å². The minimum Gasteiger partial charge on any atom is -0.486 e. The molecule has 2 aromatic carbocycles. The van der Waals surface area contributed by atoms with Crippen molar-refractivity contribution in [3.05, 3.63) is 57.9 Å². The predicted octanol–water partition coefficient (Wildman–Crippen LogP) is 2.59. The molecule has 2 aromatic rings. The van der Waals surface area contributed by atoms with Crippen molar-refractivity contribution in [2.75, 3.05) is 13.2 Å². The van der Waals surface area contributed by atoms with Crippen LogP contribution in [0.2, 0.25) is 0 Å². The van der Waals surface area contributed by atoms with Gasteiger partial charge in [-0.1, -0.05) is 17.7 Å². The topological polar surface area (TPSA) is 105 Å². The van der Waals surface area contributed by atoms with E-state index in [4.69, 9.17) is 13.7 Å². The molecule has 0 N–H and O–H groups in total. The molecule has 0 amide bonds. The molecule has 0 aromatic heterocycles. The molecule has 1 aliphatic heterocycles. The SMILES string of the molecule is Cc1ccc(S(=O)(=O)OC[C@@H]2COc3cc(F)c([N+](=O)[O-])cc3O2)cc1. The molecule has 26 heavy (non-hydrogen) atoms. The van der Waals surface area contributed by atoms with E-state index in [1.165, 1.54) is 12.1 Å². The molecule has 10 heteroatoms. The fraction of sp³-hybridized carbons (Fsp3) is 0.250. The first-order chi connectivity index (χ1) is 12.3. The Morgan fingerprint density at radius 3 is 2.62 bits per heavy atom. The van der Waals surface area contributed by atoms with Crippen molar-refractivity contribution in [3.8, 4) is 11.5 Å². The number of fused-ring (bicyclic) bond motifs is 1. The Labute approximate surface area is 148 Å². The van der Waals surface area contributed by atoms with Gasteiger partial charge in [0.1, 0.15) is 13.2 Å². The number of benzene rings is 2. The van der Waals surface area contributed by atoms with Crippen molar-refractivity contribution in [2.45, 2.75) is 17.9 Å². The lowest BCUT2D eigenvalue weighted by Crippen LogP contribution is -2.34. The lowest BCUT2D eigenvalue weighted by Gasteiger charge is -2.26. The molecule has 1 aliphatic rings. The third-order valence-corrected chi connectivity index (χ3v) is 4.94. The monoisotopic (exact) mass is 383 g/mol. The Morgan fingerprint density at radius 1 is 1.27 bits per heavy atom. The maximum atomic E-state index is 13.6. The summed E-state index contributed by atoms with van der Waals surface area (Å²) in [7, 11) is -3.99. The van der Waals surface area contributed by atoms with E-state index >= 15 is 0 Å². The molecule has 0 aliphatic carbocycles. The Hall–Kier alpha value is -2.72. The molecule has 3 rings (SSSR count). The van der Waals surface area contributed by atoms with Crippen molar-refractivity contribution in [3.63, 3.8) is 0 Å². The molecule has 0 saturated carbocycles. The first kappa shape index (κ1) is 18.1. The second kappa shape index (κ2) is 6.89. The van der Waals surface area contributed by atoms with Crippen LogP contribution in [0.15, 0.2) is 41.3 Å². The lowest BCUT2D eigenvalue weighted by molar-refractivity contribution is -0.387. The summed E-state index contributed by atoms with van der Waals surface area (Å²) in [5, 5.41) is 10.8. The zero-order valence-electron chi connectivity index (χ0n) is 13.5. The highest BCUT2D eigenvalue weighted by atomic mass is 32.2. The minimum atomic E-state index is -3.99. The van der Waals surface area contributed by atoms with E-state index in [1.807, 2.05) is 6.92 Å². The van der Waals surface area contributed by atoms with E-state index in [2.05, 4.69) is 0 Å². The van der Waals surface area contributed by atoms with Crippen LogP contribution in [0.5, 0.6) is 11.5 Å². The zero-order chi connectivity index (χ0) is 18.9. The normalized spacial score (nSPS) is 16.3. The molecule has 1 atom stereocenters. The van der Waals surface area contributed by atoms with Crippen molar-refractivity contribution in [1.29, 1.82) is 0 Å². The van der Waals surface area contributed by atoms with Crippen molar-refractivity contribution in [2.24, 2.45) is 0 Å². The van der Waals surface area contributed by atoms with Crippen LogP contribution in [0.3, 0.4) is 0 Å². The number of rotatable bonds is 5. The Morgan fingerprint density at radius 2 is 1.96 bits per heavy atom. The molecule has 0 spiro atoms. The van der Waals surface area contributed by atoms with E-state index in [0.717, 1.165) is 17.7 Å². The maximum absolute atomic E-state index is 13.6. The third-order valence-electron chi connectivity index (χ3n) is 3.65. The summed E-state index contributed by atoms with van der Waals surface area (Å²) in [6, 6.07) is 7.87. The maximum Gasteiger partial charge on any atom is 0.308 e. The molecular weight excluding hydrogens is 369 g/mol. The van der Waals surface area contributed by atoms with Gasteiger partial charge in [-0.25, -0.2) is 0 Å². The van der Waals surface area contributed by atoms with Gasteiger partial charge in [0.2, 0.25) is 5.82 Å². The summed E-state index contributed by atoms with van der Waals surface area (Å²) in [6.45, 7) is 1.37. The second-order valence-electron chi connectivity index (χ2n) is 5.61. The number of nitrogens with zero attached hydrogens (tertiary/aromatic N) is 1. The summed E-state index contributed by atoms with van der Waals surface area (Å²) in [5.41, 5.74) is 0.139. The van der Waals surface area contributed by atoms with E-state index in [9.17, 15) is 22.9 Å². The lowest BCUT2D eigenvalue weighted by atomic mass is 10.2. The molecule has 138 valence electrons. The number of nitro groups is 1. The standard InChI is InChI=1S/C16H14FNO7S/c1-10-2-4-12(5-3-10)26(21,22)24-9-11-8-23-15-6-13(17)14(18(19)20)7-16(15)25-11/h2-7,11H,8-9H2,1H3/t11-/m0/s1. The fourth-order valence-corrected chi connectivity index (χ4v) is 3.22. The van der Waals surface area contributed by atoms with Crippen LogP contribution in [0.1, 0.15) is 5.56 Å². The Kier molecular flexibility index (Phi) is 4.79. The van der Waals surface area contributed by atoms with Crippen LogP contribution in [0.4, 0.5) is 10.1 Å². The van der Waals surface area contributed by atoms with Gasteiger partial charge in [-0.3, -0.25) is 14.3 Å². The van der Waals surface area contributed by atoms with Gasteiger partial charge in [-0.05, 0) is 19.1 Å². The Bertz CT molecular complexity index is 944. The van der Waals surface area contributed by atoms with Crippen molar-refractivity contribution >= 4 is 15.8 Å². The first-order valence-corrected chi connectivity index (χ1v) is 8.90.